The Hall–Kier alpha value is -5.35. The maximum absolute atomic E-state index is 11.9. The number of piperidine rings is 1. The van der Waals surface area contributed by atoms with E-state index in [1.54, 1.807) is 6.20 Å². The van der Waals surface area contributed by atoms with Gasteiger partial charge in [0.15, 0.2) is 17.2 Å². The molecule has 10 heteroatoms. The third kappa shape index (κ3) is 5.14. The standard InChI is InChI=1S/C37H35N7O3/c1-47-33-30(31(45)32(33)46)40-25-20-37(21-25)15-18-43(19-16-37)22-23-9-11-26(12-10-23)44-35(27-8-5-17-39-34(27)38)42-29-14-13-28(41-36(29)44)24-6-3-2-4-7-24/h2-14,17,25,40H,15-16,18-22H2,1H3,(H2,38,39). The fourth-order valence-corrected chi connectivity index (χ4v) is 7.35. The predicted molar refractivity (Wildman–Crippen MR) is 183 cm³/mol. The Morgan fingerprint density at radius 2 is 1.68 bits per heavy atom. The molecule has 2 aliphatic rings. The molecule has 4 heterocycles. The quantitative estimate of drug-likeness (QED) is 0.220. The van der Waals surface area contributed by atoms with E-state index in [0.29, 0.717) is 22.7 Å². The number of hydrogen-bond acceptors (Lipinski definition) is 9. The number of nitrogens with two attached hydrogens (primary N) is 1. The highest BCUT2D eigenvalue weighted by molar-refractivity contribution is 5.84. The Morgan fingerprint density at radius 3 is 2.40 bits per heavy atom. The summed E-state index contributed by atoms with van der Waals surface area (Å²) in [5.41, 5.74) is 12.4. The van der Waals surface area contributed by atoms with E-state index in [9.17, 15) is 9.59 Å². The average Bonchev–Trinajstić information content (AvgIpc) is 3.47. The zero-order chi connectivity index (χ0) is 32.1. The van der Waals surface area contributed by atoms with Crippen LogP contribution in [0.25, 0.3) is 39.5 Å². The van der Waals surface area contributed by atoms with Gasteiger partial charge in [-0.2, -0.15) is 0 Å². The van der Waals surface area contributed by atoms with Crippen LogP contribution in [0.5, 0.6) is 5.75 Å². The lowest BCUT2D eigenvalue weighted by atomic mass is 9.60. The Bertz CT molecular complexity index is 2150. The van der Waals surface area contributed by atoms with E-state index in [1.807, 2.05) is 42.5 Å². The van der Waals surface area contributed by atoms with Crippen LogP contribution in [0.1, 0.15) is 31.2 Å². The highest BCUT2D eigenvalue weighted by Crippen LogP contribution is 2.50. The van der Waals surface area contributed by atoms with E-state index in [0.717, 1.165) is 79.0 Å². The van der Waals surface area contributed by atoms with Crippen molar-refractivity contribution in [3.8, 4) is 34.1 Å². The first-order valence-corrected chi connectivity index (χ1v) is 16.0. The summed E-state index contributed by atoms with van der Waals surface area (Å²) in [5.74, 6) is 1.29. The predicted octanol–water partition coefficient (Wildman–Crippen LogP) is 5.19. The Morgan fingerprint density at radius 1 is 0.915 bits per heavy atom. The van der Waals surface area contributed by atoms with Gasteiger partial charge in [0, 0.05) is 30.0 Å². The monoisotopic (exact) mass is 625 g/mol. The summed E-state index contributed by atoms with van der Waals surface area (Å²) in [5, 5.41) is 3.26. The Balaban J connectivity index is 0.988. The van der Waals surface area contributed by atoms with Crippen molar-refractivity contribution in [3.63, 3.8) is 0 Å². The summed E-state index contributed by atoms with van der Waals surface area (Å²) in [4.78, 5) is 40.5. The van der Waals surface area contributed by atoms with Crippen molar-refractivity contribution in [2.45, 2.75) is 38.3 Å². The van der Waals surface area contributed by atoms with Crippen LogP contribution in [-0.2, 0) is 6.54 Å². The van der Waals surface area contributed by atoms with Crippen LogP contribution >= 0.6 is 0 Å². The molecule has 8 rings (SSSR count). The van der Waals surface area contributed by atoms with Crippen LogP contribution in [-0.4, -0.2) is 50.7 Å². The fourth-order valence-electron chi connectivity index (χ4n) is 7.35. The molecule has 1 saturated carbocycles. The first-order valence-electron chi connectivity index (χ1n) is 16.0. The highest BCUT2D eigenvalue weighted by Gasteiger charge is 2.46. The molecule has 0 atom stereocenters. The number of ether oxygens (including phenoxy) is 1. The molecule has 1 saturated heterocycles. The molecule has 0 amide bonds. The number of methoxy groups -OCH3 is 1. The number of nitrogens with zero attached hydrogens (tertiary/aromatic N) is 5. The largest absolute Gasteiger partial charge is 0.491 e. The van der Waals surface area contributed by atoms with Gasteiger partial charge in [0.1, 0.15) is 17.0 Å². The van der Waals surface area contributed by atoms with E-state index >= 15 is 0 Å². The molecule has 3 N–H and O–H groups in total. The minimum Gasteiger partial charge on any atom is -0.491 e. The van der Waals surface area contributed by atoms with Gasteiger partial charge in [-0.05, 0) is 86.1 Å². The van der Waals surface area contributed by atoms with Crippen molar-refractivity contribution in [1.29, 1.82) is 0 Å². The third-order valence-corrected chi connectivity index (χ3v) is 9.95. The van der Waals surface area contributed by atoms with Gasteiger partial charge in [0.2, 0.25) is 0 Å². The number of anilines is 2. The van der Waals surface area contributed by atoms with Gasteiger partial charge in [0.05, 0.1) is 18.4 Å². The maximum Gasteiger partial charge on any atom is 0.271 e. The number of nitrogen functional groups attached to an aromatic ring is 1. The van der Waals surface area contributed by atoms with Crippen LogP contribution in [0.15, 0.2) is 94.6 Å². The molecule has 47 heavy (non-hydrogen) atoms. The van der Waals surface area contributed by atoms with Gasteiger partial charge >= 0.3 is 0 Å². The van der Waals surface area contributed by atoms with Crippen molar-refractivity contribution in [2.75, 3.05) is 31.2 Å². The molecular formula is C37H35N7O3. The van der Waals surface area contributed by atoms with Gasteiger partial charge in [-0.15, -0.1) is 0 Å². The number of fused-ring (bicyclic) bond motifs is 1. The van der Waals surface area contributed by atoms with Gasteiger partial charge in [-0.25, -0.2) is 15.0 Å². The summed E-state index contributed by atoms with van der Waals surface area (Å²) >= 11 is 0. The maximum atomic E-state index is 11.9. The SMILES string of the molecule is COc1c(NC2CC3(CCN(Cc4ccc(-n5c(-c6cccnc6N)nc6ccc(-c7ccccc7)nc65)cc4)CC3)C2)c(=O)c1=O. The second kappa shape index (κ2) is 11.5. The van der Waals surface area contributed by atoms with Gasteiger partial charge in [0.25, 0.3) is 10.9 Å². The highest BCUT2D eigenvalue weighted by atomic mass is 16.5. The lowest BCUT2D eigenvalue weighted by molar-refractivity contribution is 0.0210. The molecule has 1 aliphatic heterocycles. The van der Waals surface area contributed by atoms with Gasteiger partial charge in [-0.1, -0.05) is 42.5 Å². The van der Waals surface area contributed by atoms with Crippen LogP contribution in [0, 0.1) is 5.41 Å². The van der Waals surface area contributed by atoms with E-state index in [4.69, 9.17) is 20.4 Å². The van der Waals surface area contributed by atoms with Crippen molar-refractivity contribution in [2.24, 2.45) is 5.41 Å². The van der Waals surface area contributed by atoms with E-state index in [2.05, 4.69) is 56.2 Å². The second-order valence-electron chi connectivity index (χ2n) is 12.9. The number of likely N-dealkylation sites (tertiary alicyclic amines) is 1. The number of imidazole rings is 1. The summed E-state index contributed by atoms with van der Waals surface area (Å²) in [6, 6.07) is 26.8. The van der Waals surface area contributed by atoms with E-state index in [1.165, 1.54) is 12.7 Å². The summed E-state index contributed by atoms with van der Waals surface area (Å²) in [6.07, 6.45) is 5.96. The molecule has 0 unspecified atom stereocenters. The molecule has 3 aromatic carbocycles. The smallest absolute Gasteiger partial charge is 0.271 e. The zero-order valence-electron chi connectivity index (χ0n) is 26.1. The van der Waals surface area contributed by atoms with E-state index < -0.39 is 10.9 Å². The molecule has 0 bridgehead atoms. The molecule has 10 nitrogen and oxygen atoms in total. The minimum atomic E-state index is -0.531. The van der Waals surface area contributed by atoms with Crippen LogP contribution in [0.4, 0.5) is 11.5 Å². The first kappa shape index (κ1) is 29.1. The lowest BCUT2D eigenvalue weighted by Crippen LogP contribution is -2.52. The van der Waals surface area contributed by atoms with Gasteiger partial charge in [-0.3, -0.25) is 19.1 Å². The second-order valence-corrected chi connectivity index (χ2v) is 12.9. The number of nitrogens with one attached hydrogen (secondary N) is 1. The van der Waals surface area contributed by atoms with Crippen LogP contribution in [0.3, 0.4) is 0 Å². The number of benzene rings is 2. The molecule has 0 radical (unpaired) electrons. The fraction of sp³-hybridized carbons (Fsp3) is 0.270. The van der Waals surface area contributed by atoms with Crippen molar-refractivity contribution < 1.29 is 4.74 Å². The molecule has 1 spiro atoms. The molecule has 3 aromatic heterocycles. The number of hydrogen-bond donors (Lipinski definition) is 2. The molecule has 1 aliphatic carbocycles. The Labute approximate surface area is 271 Å². The normalized spacial score (nSPS) is 16.4. The van der Waals surface area contributed by atoms with E-state index in [-0.39, 0.29) is 11.8 Å². The van der Waals surface area contributed by atoms with Crippen molar-refractivity contribution >= 4 is 22.7 Å². The van der Waals surface area contributed by atoms with Crippen LogP contribution in [0.2, 0.25) is 0 Å². The topological polar surface area (TPSA) is 128 Å². The van der Waals surface area contributed by atoms with Crippen LogP contribution < -0.4 is 26.6 Å². The number of rotatable bonds is 8. The zero-order valence-corrected chi connectivity index (χ0v) is 26.1. The number of aromatic nitrogens is 4. The molecule has 6 aromatic rings. The summed E-state index contributed by atoms with van der Waals surface area (Å²) in [7, 11) is 1.43. The van der Waals surface area contributed by atoms with Crippen molar-refractivity contribution in [1.82, 2.24) is 24.4 Å². The first-order chi connectivity index (χ1) is 22.9. The summed E-state index contributed by atoms with van der Waals surface area (Å²) in [6.45, 7) is 2.93. The third-order valence-electron chi connectivity index (χ3n) is 9.95. The minimum absolute atomic E-state index is 0.170. The Kier molecular flexibility index (Phi) is 7.10. The molecule has 236 valence electrons. The molecular weight excluding hydrogens is 590 g/mol. The van der Waals surface area contributed by atoms with Gasteiger partial charge < -0.3 is 15.8 Å². The van der Waals surface area contributed by atoms with Crippen molar-refractivity contribution in [3.05, 3.63) is 111 Å². The summed E-state index contributed by atoms with van der Waals surface area (Å²) < 4.78 is 7.16. The molecule has 2 fully saturated rings. The lowest BCUT2D eigenvalue weighted by Gasteiger charge is -2.52. The number of pyridine rings is 2. The average molecular weight is 626 g/mol.